The van der Waals surface area contributed by atoms with Crippen molar-refractivity contribution in [3.63, 3.8) is 0 Å². The van der Waals surface area contributed by atoms with Crippen LogP contribution in [0, 0.1) is 0 Å². The first-order valence-corrected chi connectivity index (χ1v) is 14.5. The Kier molecular flexibility index (Phi) is 11.9. The first kappa shape index (κ1) is 22.1. The molecule has 0 saturated carbocycles. The maximum atomic E-state index is 2.29. The van der Waals surface area contributed by atoms with Crippen molar-refractivity contribution in [3.8, 4) is 0 Å². The fourth-order valence-electron chi connectivity index (χ4n) is 2.69. The predicted molar refractivity (Wildman–Crippen MR) is 126 cm³/mol. The molecular weight excluding hydrogens is 393 g/mol. The average molecular weight is 423 g/mol. The Hall–Kier alpha value is -0.160. The van der Waals surface area contributed by atoms with Crippen LogP contribution in [0.2, 0.25) is 0 Å². The molecule has 2 aromatic rings. The Balaban J connectivity index is 1.63. The van der Waals surface area contributed by atoms with Gasteiger partial charge in [0.15, 0.2) is 0 Å². The van der Waals surface area contributed by atoms with E-state index < -0.39 is 0 Å². The van der Waals surface area contributed by atoms with Crippen LogP contribution in [0.25, 0.3) is 0 Å². The van der Waals surface area contributed by atoms with Crippen LogP contribution in [0.5, 0.6) is 0 Å². The van der Waals surface area contributed by atoms with E-state index in [1.54, 1.807) is 0 Å². The minimum Gasteiger partial charge on any atom is -0.0654 e. The predicted octanol–water partition coefficient (Wildman–Crippen LogP) is 9.25. The van der Waals surface area contributed by atoms with E-state index >= 15 is 0 Å². The minimum absolute atomic E-state index is 1.21. The second-order valence-electron chi connectivity index (χ2n) is 6.50. The Labute approximate surface area is 175 Å². The Morgan fingerprint density at radius 2 is 0.923 bits per heavy atom. The summed E-state index contributed by atoms with van der Waals surface area (Å²) in [5, 5.41) is 0. The second-order valence-corrected chi connectivity index (χ2v) is 12.3. The molecule has 0 aliphatic heterocycles. The summed E-state index contributed by atoms with van der Waals surface area (Å²) in [6, 6.07) is 18.2. The van der Waals surface area contributed by atoms with E-state index in [4.69, 9.17) is 0 Å². The van der Waals surface area contributed by atoms with E-state index in [2.05, 4.69) is 62.4 Å². The zero-order valence-electron chi connectivity index (χ0n) is 15.9. The van der Waals surface area contributed by atoms with Crippen molar-refractivity contribution in [3.05, 3.63) is 59.7 Å². The monoisotopic (exact) mass is 422 g/mol. The molecule has 2 aromatic carbocycles. The van der Waals surface area contributed by atoms with Gasteiger partial charge in [-0.05, 0) is 102 Å². The lowest BCUT2D eigenvalue weighted by Crippen LogP contribution is -1.84. The number of hydrogen-bond donors (Lipinski definition) is 0. The lowest BCUT2D eigenvalue weighted by Gasteiger charge is -2.04. The van der Waals surface area contributed by atoms with Gasteiger partial charge in [0, 0.05) is 9.79 Å². The summed E-state index contributed by atoms with van der Waals surface area (Å²) in [6.45, 7) is 4.52. The second kappa shape index (κ2) is 13.9. The number of aryl methyl sites for hydroxylation is 2. The number of rotatable bonds is 13. The smallest absolute Gasteiger partial charge is 0.0191 e. The highest BCUT2D eigenvalue weighted by atomic mass is 33.7. The molecule has 0 unspecified atom stereocenters. The highest BCUT2D eigenvalue weighted by Crippen LogP contribution is 2.49. The van der Waals surface area contributed by atoms with Gasteiger partial charge in [0.1, 0.15) is 0 Å². The first-order valence-electron chi connectivity index (χ1n) is 9.67. The number of unbranched alkanes of at least 4 members (excludes halogenated alkanes) is 4. The summed E-state index contributed by atoms with van der Waals surface area (Å²) in [4.78, 5) is 2.68. The maximum Gasteiger partial charge on any atom is 0.0191 e. The lowest BCUT2D eigenvalue weighted by molar-refractivity contribution is 0.717. The Morgan fingerprint density at radius 3 is 1.27 bits per heavy atom. The molecule has 0 spiro atoms. The van der Waals surface area contributed by atoms with Crippen molar-refractivity contribution < 1.29 is 0 Å². The van der Waals surface area contributed by atoms with Crippen LogP contribution in [0.4, 0.5) is 0 Å². The molecule has 0 N–H and O–H groups in total. The third-order valence-corrected chi connectivity index (χ3v) is 10.3. The van der Waals surface area contributed by atoms with Gasteiger partial charge in [-0.25, -0.2) is 0 Å². The molecule has 26 heavy (non-hydrogen) atoms. The molecular formula is C22H30S4. The summed E-state index contributed by atoms with van der Waals surface area (Å²) >= 11 is 0. The molecule has 0 heterocycles. The molecule has 0 nitrogen and oxygen atoms in total. The van der Waals surface area contributed by atoms with E-state index in [1.165, 1.54) is 72.3 Å². The summed E-state index contributed by atoms with van der Waals surface area (Å²) in [7, 11) is 7.40. The van der Waals surface area contributed by atoms with Gasteiger partial charge in [0.05, 0.1) is 0 Å². The van der Waals surface area contributed by atoms with Crippen molar-refractivity contribution in [2.75, 3.05) is 0 Å². The SMILES string of the molecule is CCCCCc1ccc(SSSSc2ccc(CCCCC)cc2)cc1. The largest absolute Gasteiger partial charge is 0.0654 e. The topological polar surface area (TPSA) is 0 Å². The molecule has 0 bridgehead atoms. The lowest BCUT2D eigenvalue weighted by atomic mass is 10.1. The van der Waals surface area contributed by atoms with Gasteiger partial charge in [0.2, 0.25) is 0 Å². The molecule has 0 saturated heterocycles. The summed E-state index contributed by atoms with van der Waals surface area (Å²) < 4.78 is 0. The van der Waals surface area contributed by atoms with Gasteiger partial charge in [-0.15, -0.1) is 0 Å². The van der Waals surface area contributed by atoms with Crippen LogP contribution in [-0.4, -0.2) is 0 Å². The van der Waals surface area contributed by atoms with E-state index in [0.717, 1.165) is 0 Å². The average Bonchev–Trinajstić information content (AvgIpc) is 2.68. The van der Waals surface area contributed by atoms with Crippen LogP contribution < -0.4 is 0 Å². The number of benzene rings is 2. The molecule has 0 aliphatic carbocycles. The van der Waals surface area contributed by atoms with E-state index in [1.807, 2.05) is 41.2 Å². The van der Waals surface area contributed by atoms with Crippen molar-refractivity contribution >= 4 is 41.2 Å². The Bertz CT molecular complexity index is 537. The highest BCUT2D eigenvalue weighted by Gasteiger charge is 2.00. The van der Waals surface area contributed by atoms with Crippen LogP contribution in [0.15, 0.2) is 58.3 Å². The molecule has 0 aliphatic rings. The van der Waals surface area contributed by atoms with E-state index in [9.17, 15) is 0 Å². The third-order valence-electron chi connectivity index (χ3n) is 4.27. The van der Waals surface area contributed by atoms with Gasteiger partial charge in [-0.1, -0.05) is 63.8 Å². The van der Waals surface area contributed by atoms with Gasteiger partial charge < -0.3 is 0 Å². The van der Waals surface area contributed by atoms with Crippen LogP contribution in [0.3, 0.4) is 0 Å². The van der Waals surface area contributed by atoms with Gasteiger partial charge in [-0.3, -0.25) is 0 Å². The minimum atomic E-state index is 1.21. The summed E-state index contributed by atoms with van der Waals surface area (Å²) in [5.41, 5.74) is 2.93. The fourth-order valence-corrected chi connectivity index (χ4v) is 8.11. The first-order chi connectivity index (χ1) is 12.8. The molecule has 0 amide bonds. The van der Waals surface area contributed by atoms with Crippen molar-refractivity contribution in [1.82, 2.24) is 0 Å². The molecule has 0 aromatic heterocycles. The van der Waals surface area contributed by atoms with Crippen molar-refractivity contribution in [2.24, 2.45) is 0 Å². The van der Waals surface area contributed by atoms with Crippen LogP contribution >= 0.6 is 41.2 Å². The summed E-state index contributed by atoms with van der Waals surface area (Å²) in [6.07, 6.45) is 10.3. The number of hydrogen-bond acceptors (Lipinski definition) is 4. The molecule has 0 fully saturated rings. The van der Waals surface area contributed by atoms with Gasteiger partial charge in [0.25, 0.3) is 0 Å². The van der Waals surface area contributed by atoms with Gasteiger partial charge >= 0.3 is 0 Å². The zero-order valence-corrected chi connectivity index (χ0v) is 19.2. The third kappa shape index (κ3) is 9.16. The summed E-state index contributed by atoms with van der Waals surface area (Å²) in [5.74, 6) is 0. The standard InChI is InChI=1S/C22H30S4/c1-3-5-7-9-19-11-15-21(16-12-19)23-25-26-24-22-17-13-20(14-18-22)10-8-6-4-2/h11-18H,3-10H2,1-2H3. The molecule has 142 valence electrons. The fraction of sp³-hybridized carbons (Fsp3) is 0.455. The molecule has 0 radical (unpaired) electrons. The maximum absolute atomic E-state index is 2.29. The van der Waals surface area contributed by atoms with Crippen LogP contribution in [-0.2, 0) is 12.8 Å². The Morgan fingerprint density at radius 1 is 0.538 bits per heavy atom. The van der Waals surface area contributed by atoms with Crippen molar-refractivity contribution in [2.45, 2.75) is 75.0 Å². The normalized spacial score (nSPS) is 11.0. The molecule has 0 atom stereocenters. The highest BCUT2D eigenvalue weighted by molar-refractivity contribution is 9.26. The zero-order chi connectivity index (χ0) is 18.5. The molecule has 2 rings (SSSR count). The van der Waals surface area contributed by atoms with Gasteiger partial charge in [-0.2, -0.15) is 0 Å². The quantitative estimate of drug-likeness (QED) is 0.233. The van der Waals surface area contributed by atoms with Crippen molar-refractivity contribution in [1.29, 1.82) is 0 Å². The van der Waals surface area contributed by atoms with E-state index in [-0.39, 0.29) is 0 Å². The van der Waals surface area contributed by atoms with E-state index in [0.29, 0.717) is 0 Å². The molecule has 4 heteroatoms. The van der Waals surface area contributed by atoms with Crippen LogP contribution in [0.1, 0.15) is 63.5 Å².